The number of benzene rings is 2. The van der Waals surface area contributed by atoms with Gasteiger partial charge in [0.15, 0.2) is 14.6 Å². The third kappa shape index (κ3) is 5.73. The van der Waals surface area contributed by atoms with Crippen LogP contribution in [-0.4, -0.2) is 73.6 Å². The predicted octanol–water partition coefficient (Wildman–Crippen LogP) is 3.69. The fourth-order valence-corrected chi connectivity index (χ4v) is 8.41. The van der Waals surface area contributed by atoms with Crippen molar-refractivity contribution in [1.29, 1.82) is 0 Å². The smallest absolute Gasteiger partial charge is 0.326 e. The van der Waals surface area contributed by atoms with E-state index in [-0.39, 0.29) is 19.3 Å². The number of hydrogen-bond donors (Lipinski definition) is 2. The third-order valence-electron chi connectivity index (χ3n) is 8.16. The average molecular weight is 543 g/mol. The largest absolute Gasteiger partial charge is 0.496 e. The zero-order valence-corrected chi connectivity index (χ0v) is 23.0. The monoisotopic (exact) mass is 542 g/mol. The molecule has 8 nitrogen and oxygen atoms in total. The highest BCUT2D eigenvalue weighted by Crippen LogP contribution is 2.38. The fourth-order valence-electron chi connectivity index (χ4n) is 5.74. The number of para-hydroxylation sites is 1. The topological polar surface area (TPSA) is 113 Å². The van der Waals surface area contributed by atoms with Gasteiger partial charge in [0.25, 0.3) is 0 Å². The van der Waals surface area contributed by atoms with E-state index in [0.717, 1.165) is 41.7 Å². The minimum Gasteiger partial charge on any atom is -0.496 e. The molecule has 0 bridgehead atoms. The molecule has 2 aliphatic rings. The fraction of sp³-hybridized carbons (Fsp3) is 0.517. The number of amides is 1. The second-order valence-electron chi connectivity index (χ2n) is 10.6. The molecule has 0 unspecified atom stereocenters. The molecule has 0 spiro atoms. The minimum atomic E-state index is -3.80. The number of likely N-dealkylation sites (tertiary alicyclic amines) is 1. The molecule has 206 valence electrons. The van der Waals surface area contributed by atoms with E-state index in [4.69, 9.17) is 4.74 Å². The van der Waals surface area contributed by atoms with Crippen LogP contribution in [0.3, 0.4) is 0 Å². The number of rotatable bonds is 9. The number of nitrogens with one attached hydrogen (secondary N) is 1. The van der Waals surface area contributed by atoms with Gasteiger partial charge in [-0.05, 0) is 63.0 Å². The number of carbonyl (C=O) groups is 2. The predicted molar refractivity (Wildman–Crippen MR) is 147 cm³/mol. The summed E-state index contributed by atoms with van der Waals surface area (Å²) in [6, 6.07) is 13.8. The standard InChI is InChI=1S/C29H38N2O6S/c1-31-18-16-29(17-19-31,38(35,36)23-8-4-3-5-9-23)28(34)30-25(27(32)33)20-21-12-14-22(15-13-21)24-10-6-7-11-26(24)37-2/h6-7,10-15,23,25H,3-5,8-9,16-20H2,1-2H3,(H,30,34)(H,32,33)/t25-/m0/s1. The summed E-state index contributed by atoms with van der Waals surface area (Å²) >= 11 is 0. The average Bonchev–Trinajstić information content (AvgIpc) is 2.93. The quantitative estimate of drug-likeness (QED) is 0.497. The Bertz CT molecular complexity index is 1230. The molecular weight excluding hydrogens is 504 g/mol. The van der Waals surface area contributed by atoms with Crippen molar-refractivity contribution in [3.8, 4) is 16.9 Å². The minimum absolute atomic E-state index is 0.0484. The molecule has 1 amide bonds. The van der Waals surface area contributed by atoms with Crippen molar-refractivity contribution >= 4 is 21.7 Å². The van der Waals surface area contributed by atoms with Crippen LogP contribution in [0.4, 0.5) is 0 Å². The van der Waals surface area contributed by atoms with Gasteiger partial charge < -0.3 is 20.1 Å². The number of ether oxygens (including phenoxy) is 1. The Morgan fingerprint density at radius 3 is 2.29 bits per heavy atom. The van der Waals surface area contributed by atoms with Gasteiger partial charge in [0.1, 0.15) is 11.8 Å². The van der Waals surface area contributed by atoms with E-state index in [1.165, 1.54) is 0 Å². The van der Waals surface area contributed by atoms with Crippen molar-refractivity contribution in [2.24, 2.45) is 0 Å². The lowest BCUT2D eigenvalue weighted by Gasteiger charge is -2.41. The first-order valence-corrected chi connectivity index (χ1v) is 14.9. The summed E-state index contributed by atoms with van der Waals surface area (Å²) in [5, 5.41) is 12.1. The van der Waals surface area contributed by atoms with Crippen molar-refractivity contribution in [2.45, 2.75) is 67.4 Å². The zero-order valence-electron chi connectivity index (χ0n) is 22.2. The Hall–Kier alpha value is -2.91. The summed E-state index contributed by atoms with van der Waals surface area (Å²) in [6.45, 7) is 0.947. The number of piperidine rings is 1. The highest BCUT2D eigenvalue weighted by atomic mass is 32.2. The number of nitrogens with zero attached hydrogens (tertiary/aromatic N) is 1. The van der Waals surface area contributed by atoms with E-state index >= 15 is 0 Å². The molecule has 9 heteroatoms. The highest BCUT2D eigenvalue weighted by molar-refractivity contribution is 7.94. The molecule has 1 atom stereocenters. The second kappa shape index (κ2) is 11.9. The van der Waals surface area contributed by atoms with Crippen LogP contribution in [0.25, 0.3) is 11.1 Å². The van der Waals surface area contributed by atoms with E-state index in [1.54, 1.807) is 7.11 Å². The van der Waals surface area contributed by atoms with E-state index in [9.17, 15) is 23.1 Å². The number of carbonyl (C=O) groups excluding carboxylic acids is 1. The maximum Gasteiger partial charge on any atom is 0.326 e. The van der Waals surface area contributed by atoms with Crippen molar-refractivity contribution in [2.75, 3.05) is 27.2 Å². The van der Waals surface area contributed by atoms with Gasteiger partial charge in [0.05, 0.1) is 12.4 Å². The number of sulfone groups is 1. The van der Waals surface area contributed by atoms with E-state index in [2.05, 4.69) is 5.32 Å². The van der Waals surface area contributed by atoms with Crippen LogP contribution in [0, 0.1) is 0 Å². The molecule has 2 aromatic rings. The van der Waals surface area contributed by atoms with Crippen LogP contribution >= 0.6 is 0 Å². The molecule has 1 saturated carbocycles. The molecule has 0 aromatic heterocycles. The molecule has 1 aliphatic heterocycles. The second-order valence-corrected chi connectivity index (χ2v) is 13.1. The van der Waals surface area contributed by atoms with Gasteiger partial charge in [-0.25, -0.2) is 13.2 Å². The van der Waals surface area contributed by atoms with Crippen LogP contribution in [-0.2, 0) is 25.8 Å². The van der Waals surface area contributed by atoms with Crippen molar-refractivity contribution < 1.29 is 27.9 Å². The molecule has 2 fully saturated rings. The lowest BCUT2D eigenvalue weighted by Crippen LogP contribution is -2.62. The van der Waals surface area contributed by atoms with Gasteiger partial charge in [0, 0.05) is 12.0 Å². The summed E-state index contributed by atoms with van der Waals surface area (Å²) < 4.78 is 31.7. The lowest BCUT2D eigenvalue weighted by molar-refractivity contribution is -0.142. The van der Waals surface area contributed by atoms with Gasteiger partial charge in [-0.1, -0.05) is 61.7 Å². The van der Waals surface area contributed by atoms with Crippen LogP contribution in [0.15, 0.2) is 48.5 Å². The summed E-state index contributed by atoms with van der Waals surface area (Å²) in [5.41, 5.74) is 2.57. The Labute approximate surface area is 225 Å². The summed E-state index contributed by atoms with van der Waals surface area (Å²) in [4.78, 5) is 28.0. The molecule has 1 saturated heterocycles. The third-order valence-corrected chi connectivity index (χ3v) is 11.2. The van der Waals surface area contributed by atoms with Gasteiger partial charge in [-0.3, -0.25) is 4.79 Å². The highest BCUT2D eigenvalue weighted by Gasteiger charge is 2.55. The first-order valence-electron chi connectivity index (χ1n) is 13.4. The van der Waals surface area contributed by atoms with Crippen LogP contribution in [0.5, 0.6) is 5.75 Å². The van der Waals surface area contributed by atoms with Gasteiger partial charge in [-0.2, -0.15) is 0 Å². The number of hydrogen-bond acceptors (Lipinski definition) is 6. The van der Waals surface area contributed by atoms with E-state index < -0.39 is 37.8 Å². The van der Waals surface area contributed by atoms with Crippen LogP contribution in [0.2, 0.25) is 0 Å². The molecule has 2 N–H and O–H groups in total. The Morgan fingerprint density at radius 2 is 1.68 bits per heavy atom. The maximum atomic E-state index is 13.9. The number of carboxylic acid groups (broad SMARTS) is 1. The number of aliphatic carboxylic acids is 1. The van der Waals surface area contributed by atoms with Crippen LogP contribution in [0.1, 0.15) is 50.5 Å². The Kier molecular flexibility index (Phi) is 8.78. The Balaban J connectivity index is 1.55. The van der Waals surface area contributed by atoms with Gasteiger partial charge in [0.2, 0.25) is 5.91 Å². The maximum absolute atomic E-state index is 13.9. The van der Waals surface area contributed by atoms with Gasteiger partial charge in [-0.15, -0.1) is 0 Å². The zero-order chi connectivity index (χ0) is 27.3. The van der Waals surface area contributed by atoms with Gasteiger partial charge >= 0.3 is 5.97 Å². The summed E-state index contributed by atoms with van der Waals surface area (Å²) in [6.07, 6.45) is 4.20. The number of carboxylic acids is 1. The molecule has 2 aromatic carbocycles. The first-order chi connectivity index (χ1) is 18.2. The lowest BCUT2D eigenvalue weighted by atomic mass is 9.93. The van der Waals surface area contributed by atoms with Crippen molar-refractivity contribution in [1.82, 2.24) is 10.2 Å². The summed E-state index contributed by atoms with van der Waals surface area (Å²) in [7, 11) is -0.283. The molecule has 1 heterocycles. The van der Waals surface area contributed by atoms with Crippen molar-refractivity contribution in [3.63, 3.8) is 0 Å². The molecule has 38 heavy (non-hydrogen) atoms. The van der Waals surface area contributed by atoms with E-state index in [1.807, 2.05) is 60.5 Å². The SMILES string of the molecule is COc1ccccc1-c1ccc(C[C@H](NC(=O)C2(S(=O)(=O)C3CCCCC3)CCN(C)CC2)C(=O)O)cc1. The Morgan fingerprint density at radius 1 is 1.05 bits per heavy atom. The molecule has 1 aliphatic carbocycles. The number of methoxy groups -OCH3 is 1. The van der Waals surface area contributed by atoms with Crippen molar-refractivity contribution in [3.05, 3.63) is 54.1 Å². The summed E-state index contributed by atoms with van der Waals surface area (Å²) in [5.74, 6) is -1.13. The van der Waals surface area contributed by atoms with E-state index in [0.29, 0.717) is 25.9 Å². The molecular formula is C29H38N2O6S. The molecule has 4 rings (SSSR count). The first kappa shape index (κ1) is 28.1. The normalized spacial score (nSPS) is 19.4. The van der Waals surface area contributed by atoms with Crippen LogP contribution < -0.4 is 10.1 Å². The molecule has 0 radical (unpaired) electrons.